The number of aromatic nitrogens is 2. The van der Waals surface area contributed by atoms with Gasteiger partial charge in [0.2, 0.25) is 0 Å². The van der Waals surface area contributed by atoms with E-state index in [4.69, 9.17) is 0 Å². The zero-order chi connectivity index (χ0) is 11.8. The van der Waals surface area contributed by atoms with Gasteiger partial charge in [0.15, 0.2) is 0 Å². The SMILES string of the molecule is CCN(CC)CCc1ncc(CNC)cn1. The average Bonchev–Trinajstić information content (AvgIpc) is 2.33. The van der Waals surface area contributed by atoms with Crippen molar-refractivity contribution >= 4 is 0 Å². The number of likely N-dealkylation sites (N-methyl/N-ethyl adjacent to an activating group) is 1. The Morgan fingerprint density at radius 1 is 1.19 bits per heavy atom. The molecule has 4 nitrogen and oxygen atoms in total. The third kappa shape index (κ3) is 4.24. The van der Waals surface area contributed by atoms with E-state index in [1.54, 1.807) is 0 Å². The predicted octanol–water partition coefficient (Wildman–Crippen LogP) is 1.08. The van der Waals surface area contributed by atoms with Gasteiger partial charge in [-0.15, -0.1) is 0 Å². The van der Waals surface area contributed by atoms with Crippen LogP contribution < -0.4 is 5.32 Å². The molecular formula is C12H22N4. The molecule has 0 aromatic carbocycles. The van der Waals surface area contributed by atoms with Crippen molar-refractivity contribution in [3.8, 4) is 0 Å². The molecule has 0 unspecified atom stereocenters. The molecule has 0 aliphatic heterocycles. The minimum atomic E-state index is 0.830. The van der Waals surface area contributed by atoms with Crippen molar-refractivity contribution in [2.75, 3.05) is 26.7 Å². The zero-order valence-corrected chi connectivity index (χ0v) is 10.5. The standard InChI is InChI=1S/C12H22N4/c1-4-16(5-2)7-6-12-14-9-11(8-13-3)10-15-12/h9-10,13H,4-8H2,1-3H3. The second-order valence-electron chi connectivity index (χ2n) is 3.81. The van der Waals surface area contributed by atoms with Gasteiger partial charge in [0.25, 0.3) is 0 Å². The van der Waals surface area contributed by atoms with Crippen LogP contribution in [-0.4, -0.2) is 41.5 Å². The summed E-state index contributed by atoms with van der Waals surface area (Å²) in [6.45, 7) is 8.41. The second kappa shape index (κ2) is 7.30. The smallest absolute Gasteiger partial charge is 0.129 e. The normalized spacial score (nSPS) is 11.0. The van der Waals surface area contributed by atoms with Crippen LogP contribution in [0.25, 0.3) is 0 Å². The van der Waals surface area contributed by atoms with Crippen LogP contribution in [0, 0.1) is 0 Å². The second-order valence-corrected chi connectivity index (χ2v) is 3.81. The molecule has 4 heteroatoms. The van der Waals surface area contributed by atoms with Crippen LogP contribution in [0.5, 0.6) is 0 Å². The maximum atomic E-state index is 4.36. The first-order valence-corrected chi connectivity index (χ1v) is 5.96. The van der Waals surface area contributed by atoms with Crippen molar-refractivity contribution in [3.05, 3.63) is 23.8 Å². The summed E-state index contributed by atoms with van der Waals surface area (Å²) in [7, 11) is 1.92. The zero-order valence-electron chi connectivity index (χ0n) is 10.5. The lowest BCUT2D eigenvalue weighted by Crippen LogP contribution is -2.25. The van der Waals surface area contributed by atoms with Crippen molar-refractivity contribution < 1.29 is 0 Å². The Labute approximate surface area is 98.1 Å². The van der Waals surface area contributed by atoms with E-state index in [2.05, 4.69) is 34.0 Å². The molecule has 0 atom stereocenters. The van der Waals surface area contributed by atoms with Gasteiger partial charge < -0.3 is 10.2 Å². The topological polar surface area (TPSA) is 41.1 Å². The first-order valence-electron chi connectivity index (χ1n) is 5.96. The molecule has 0 fully saturated rings. The van der Waals surface area contributed by atoms with Gasteiger partial charge in [0, 0.05) is 37.5 Å². The summed E-state index contributed by atoms with van der Waals surface area (Å²) in [6, 6.07) is 0. The quantitative estimate of drug-likeness (QED) is 0.749. The van der Waals surface area contributed by atoms with E-state index < -0.39 is 0 Å². The summed E-state index contributed by atoms with van der Waals surface area (Å²) in [5, 5.41) is 3.08. The van der Waals surface area contributed by atoms with E-state index >= 15 is 0 Å². The van der Waals surface area contributed by atoms with Crippen LogP contribution >= 0.6 is 0 Å². The van der Waals surface area contributed by atoms with Crippen molar-refractivity contribution in [1.29, 1.82) is 0 Å². The van der Waals surface area contributed by atoms with Crippen molar-refractivity contribution in [2.45, 2.75) is 26.8 Å². The van der Waals surface area contributed by atoms with Crippen molar-refractivity contribution in [2.24, 2.45) is 0 Å². The molecule has 90 valence electrons. The van der Waals surface area contributed by atoms with Gasteiger partial charge >= 0.3 is 0 Å². The van der Waals surface area contributed by atoms with E-state index in [1.807, 2.05) is 19.4 Å². The van der Waals surface area contributed by atoms with Gasteiger partial charge in [-0.3, -0.25) is 0 Å². The Hall–Kier alpha value is -1.00. The van der Waals surface area contributed by atoms with Crippen LogP contribution in [0.2, 0.25) is 0 Å². The number of rotatable bonds is 7. The molecule has 0 aliphatic rings. The number of hydrogen-bond acceptors (Lipinski definition) is 4. The molecule has 1 heterocycles. The lowest BCUT2D eigenvalue weighted by molar-refractivity contribution is 0.305. The van der Waals surface area contributed by atoms with Gasteiger partial charge in [-0.1, -0.05) is 13.8 Å². The highest BCUT2D eigenvalue weighted by Gasteiger charge is 2.02. The number of nitrogens with zero attached hydrogens (tertiary/aromatic N) is 3. The first kappa shape index (κ1) is 13.1. The Kier molecular flexibility index (Phi) is 5.96. The summed E-state index contributed by atoms with van der Waals surface area (Å²) in [4.78, 5) is 11.1. The van der Waals surface area contributed by atoms with Crippen LogP contribution in [-0.2, 0) is 13.0 Å². The summed E-state index contributed by atoms with van der Waals surface area (Å²) < 4.78 is 0. The molecule has 0 amide bonds. The average molecular weight is 222 g/mol. The van der Waals surface area contributed by atoms with Gasteiger partial charge in [-0.2, -0.15) is 0 Å². The Morgan fingerprint density at radius 2 is 1.81 bits per heavy atom. The molecule has 1 N–H and O–H groups in total. The van der Waals surface area contributed by atoms with Gasteiger partial charge in [0.05, 0.1) is 0 Å². The highest BCUT2D eigenvalue weighted by molar-refractivity contribution is 5.04. The fraction of sp³-hybridized carbons (Fsp3) is 0.667. The number of nitrogens with one attached hydrogen (secondary N) is 1. The lowest BCUT2D eigenvalue weighted by atomic mass is 10.3. The van der Waals surface area contributed by atoms with Crippen molar-refractivity contribution in [1.82, 2.24) is 20.2 Å². The van der Waals surface area contributed by atoms with Gasteiger partial charge in [-0.05, 0) is 20.1 Å². The molecule has 0 spiro atoms. The largest absolute Gasteiger partial charge is 0.316 e. The third-order valence-electron chi connectivity index (χ3n) is 2.69. The minimum absolute atomic E-state index is 0.830. The molecule has 0 bridgehead atoms. The highest BCUT2D eigenvalue weighted by atomic mass is 15.1. The predicted molar refractivity (Wildman–Crippen MR) is 66.3 cm³/mol. The van der Waals surface area contributed by atoms with Gasteiger partial charge in [0.1, 0.15) is 5.82 Å². The summed E-state index contributed by atoms with van der Waals surface area (Å²) in [5.41, 5.74) is 1.13. The molecule has 0 aliphatic carbocycles. The first-order chi connectivity index (χ1) is 7.80. The lowest BCUT2D eigenvalue weighted by Gasteiger charge is -2.16. The van der Waals surface area contributed by atoms with E-state index in [0.29, 0.717) is 0 Å². The fourth-order valence-corrected chi connectivity index (χ4v) is 1.60. The Bertz CT molecular complexity index is 280. The van der Waals surface area contributed by atoms with E-state index in [-0.39, 0.29) is 0 Å². The summed E-state index contributed by atoms with van der Waals surface area (Å²) >= 11 is 0. The summed E-state index contributed by atoms with van der Waals surface area (Å²) in [5.74, 6) is 0.937. The number of hydrogen-bond donors (Lipinski definition) is 1. The molecule has 1 aromatic heterocycles. The Balaban J connectivity index is 2.42. The minimum Gasteiger partial charge on any atom is -0.316 e. The molecule has 0 saturated carbocycles. The van der Waals surface area contributed by atoms with Gasteiger partial charge in [-0.25, -0.2) is 9.97 Å². The maximum absolute atomic E-state index is 4.36. The fourth-order valence-electron chi connectivity index (χ4n) is 1.60. The van der Waals surface area contributed by atoms with Crippen LogP contribution in [0.4, 0.5) is 0 Å². The van der Waals surface area contributed by atoms with E-state index in [9.17, 15) is 0 Å². The Morgan fingerprint density at radius 3 is 2.31 bits per heavy atom. The van der Waals surface area contributed by atoms with Crippen LogP contribution in [0.1, 0.15) is 25.2 Å². The molecule has 1 rings (SSSR count). The van der Waals surface area contributed by atoms with Crippen LogP contribution in [0.15, 0.2) is 12.4 Å². The third-order valence-corrected chi connectivity index (χ3v) is 2.69. The monoisotopic (exact) mass is 222 g/mol. The van der Waals surface area contributed by atoms with Crippen molar-refractivity contribution in [3.63, 3.8) is 0 Å². The van der Waals surface area contributed by atoms with Crippen LogP contribution in [0.3, 0.4) is 0 Å². The molecule has 0 saturated heterocycles. The summed E-state index contributed by atoms with van der Waals surface area (Å²) in [6.07, 6.45) is 4.74. The molecule has 1 aromatic rings. The maximum Gasteiger partial charge on any atom is 0.129 e. The van der Waals surface area contributed by atoms with E-state index in [1.165, 1.54) is 0 Å². The molecule has 0 radical (unpaired) electrons. The molecule has 16 heavy (non-hydrogen) atoms. The van der Waals surface area contributed by atoms with E-state index in [0.717, 1.165) is 44.0 Å². The molecular weight excluding hydrogens is 200 g/mol. The highest BCUT2D eigenvalue weighted by Crippen LogP contribution is 1.98.